The Morgan fingerprint density at radius 3 is 2.58 bits per heavy atom. The number of methoxy groups -OCH3 is 1. The fourth-order valence-corrected chi connectivity index (χ4v) is 5.55. The van der Waals surface area contributed by atoms with Crippen LogP contribution >= 0.6 is 0 Å². The van der Waals surface area contributed by atoms with Gasteiger partial charge in [-0.15, -0.1) is 0 Å². The number of para-hydroxylation sites is 1. The Labute approximate surface area is 233 Å². The van der Waals surface area contributed by atoms with Gasteiger partial charge in [0.25, 0.3) is 5.69 Å². The minimum atomic E-state index is -0.419. The number of nitrogens with one attached hydrogen (secondary N) is 1. The third-order valence-electron chi connectivity index (χ3n) is 7.62. The van der Waals surface area contributed by atoms with E-state index in [-0.39, 0.29) is 18.3 Å². The van der Waals surface area contributed by atoms with Crippen molar-refractivity contribution < 1.29 is 14.4 Å². The summed E-state index contributed by atoms with van der Waals surface area (Å²) in [5.74, 6) is 2.14. The molecule has 4 aromatic carbocycles. The zero-order valence-corrected chi connectivity index (χ0v) is 22.1. The highest BCUT2D eigenvalue weighted by atomic mass is 16.6. The summed E-state index contributed by atoms with van der Waals surface area (Å²) >= 11 is 0. The lowest BCUT2D eigenvalue weighted by Crippen LogP contribution is -2.28. The molecule has 1 aliphatic heterocycles. The fraction of sp³-hybridized carbons (Fsp3) is 0.182. The predicted molar refractivity (Wildman–Crippen MR) is 157 cm³/mol. The van der Waals surface area contributed by atoms with E-state index in [1.54, 1.807) is 19.2 Å². The van der Waals surface area contributed by atoms with Crippen LogP contribution in [0.3, 0.4) is 0 Å². The number of hydrogen-bond donors (Lipinski definition) is 1. The number of benzene rings is 4. The van der Waals surface area contributed by atoms with Crippen LogP contribution in [0.2, 0.25) is 0 Å². The van der Waals surface area contributed by atoms with Gasteiger partial charge in [-0.25, -0.2) is 0 Å². The number of fused-ring (bicyclic) bond motifs is 3. The molecule has 2 aliphatic rings. The number of ether oxygens (including phenoxy) is 2. The first kappa shape index (κ1) is 25.4. The largest absolute Gasteiger partial charge is 0.493 e. The van der Waals surface area contributed by atoms with Crippen molar-refractivity contribution in [3.8, 4) is 11.5 Å². The lowest BCUT2D eigenvalue weighted by atomic mass is 9.77. The Kier molecular flexibility index (Phi) is 7.02. The number of allylic oxidation sites excluding steroid dienone is 2. The van der Waals surface area contributed by atoms with Crippen molar-refractivity contribution in [1.82, 2.24) is 0 Å². The monoisotopic (exact) mass is 531 g/mol. The number of aliphatic imine (C=N–C) groups is 1. The van der Waals surface area contributed by atoms with Crippen LogP contribution in [-0.4, -0.2) is 18.2 Å². The third-order valence-corrected chi connectivity index (χ3v) is 7.62. The second-order valence-electron chi connectivity index (χ2n) is 10.0. The highest BCUT2D eigenvalue weighted by molar-refractivity contribution is 5.83. The average Bonchev–Trinajstić information content (AvgIpc) is 3.50. The Bertz CT molecular complexity index is 1580. The molecule has 0 saturated heterocycles. The molecule has 6 rings (SSSR count). The minimum Gasteiger partial charge on any atom is -0.493 e. The highest BCUT2D eigenvalue weighted by Crippen LogP contribution is 2.49. The molecular formula is C33H29N3O4. The van der Waals surface area contributed by atoms with Crippen LogP contribution in [0, 0.1) is 16.0 Å². The van der Waals surface area contributed by atoms with E-state index in [0.717, 1.165) is 23.2 Å². The van der Waals surface area contributed by atoms with Crippen LogP contribution in [0.15, 0.2) is 108 Å². The van der Waals surface area contributed by atoms with Crippen LogP contribution in [0.25, 0.3) is 0 Å². The minimum absolute atomic E-state index is 0.0517. The van der Waals surface area contributed by atoms with Crippen LogP contribution in [0.4, 0.5) is 17.1 Å². The molecule has 7 heteroatoms. The van der Waals surface area contributed by atoms with Gasteiger partial charge in [-0.1, -0.05) is 42.5 Å². The van der Waals surface area contributed by atoms with Gasteiger partial charge in [-0.05, 0) is 83.1 Å². The van der Waals surface area contributed by atoms with Crippen molar-refractivity contribution >= 4 is 23.3 Å². The van der Waals surface area contributed by atoms with E-state index < -0.39 is 4.92 Å². The molecule has 4 aromatic rings. The third kappa shape index (κ3) is 5.18. The standard InChI is InChI=1S/C33H29N3O4/c1-39-32-19-23(11-18-31(32)40-21-22-9-16-26(17-10-22)36(37)38)20-34-25-14-12-24(13-15-25)33-29-7-4-6-27(29)28-5-2-3-8-30(28)35-33/h2-6,8-20,27,29,33,35H,7,21H2,1H3/t27-,29+,33-/m0/s1. The van der Waals surface area contributed by atoms with E-state index in [2.05, 4.69) is 71.0 Å². The topological polar surface area (TPSA) is 86.0 Å². The van der Waals surface area contributed by atoms with Gasteiger partial charge in [0.05, 0.1) is 23.8 Å². The molecule has 0 aromatic heterocycles. The normalized spacial score (nSPS) is 19.1. The van der Waals surface area contributed by atoms with Crippen LogP contribution in [0.1, 0.15) is 40.6 Å². The summed E-state index contributed by atoms with van der Waals surface area (Å²) in [7, 11) is 1.59. The summed E-state index contributed by atoms with van der Waals surface area (Å²) in [5.41, 5.74) is 6.51. The molecule has 0 fully saturated rings. The lowest BCUT2D eigenvalue weighted by molar-refractivity contribution is -0.384. The molecule has 200 valence electrons. The van der Waals surface area contributed by atoms with E-state index in [1.807, 2.05) is 24.4 Å². The Balaban J connectivity index is 1.12. The number of rotatable bonds is 8. The number of non-ortho nitro benzene ring substituents is 1. The Morgan fingerprint density at radius 1 is 1.00 bits per heavy atom. The van der Waals surface area contributed by atoms with Gasteiger partial charge in [0, 0.05) is 30.0 Å². The van der Waals surface area contributed by atoms with Gasteiger partial charge in [0.1, 0.15) is 6.61 Å². The number of anilines is 1. The van der Waals surface area contributed by atoms with Crippen molar-refractivity contribution in [2.24, 2.45) is 10.9 Å². The summed E-state index contributed by atoms with van der Waals surface area (Å²) in [6.07, 6.45) is 7.55. The Morgan fingerprint density at radius 2 is 1.80 bits per heavy atom. The van der Waals surface area contributed by atoms with Gasteiger partial charge in [-0.2, -0.15) is 0 Å². The maximum atomic E-state index is 10.8. The molecule has 40 heavy (non-hydrogen) atoms. The Hall–Kier alpha value is -4.91. The predicted octanol–water partition coefficient (Wildman–Crippen LogP) is 7.76. The van der Waals surface area contributed by atoms with Gasteiger partial charge < -0.3 is 14.8 Å². The molecule has 0 radical (unpaired) electrons. The van der Waals surface area contributed by atoms with E-state index >= 15 is 0 Å². The van der Waals surface area contributed by atoms with Gasteiger partial charge in [0.2, 0.25) is 0 Å². The summed E-state index contributed by atoms with van der Waals surface area (Å²) in [6.45, 7) is 0.271. The van der Waals surface area contributed by atoms with E-state index in [9.17, 15) is 10.1 Å². The summed E-state index contributed by atoms with van der Waals surface area (Å²) in [4.78, 5) is 15.1. The summed E-state index contributed by atoms with van der Waals surface area (Å²) in [5, 5.41) is 14.6. The molecule has 1 aliphatic carbocycles. The van der Waals surface area contributed by atoms with Crippen molar-refractivity contribution in [3.63, 3.8) is 0 Å². The van der Waals surface area contributed by atoms with Crippen LogP contribution in [-0.2, 0) is 6.61 Å². The van der Waals surface area contributed by atoms with Gasteiger partial charge >= 0.3 is 0 Å². The zero-order valence-electron chi connectivity index (χ0n) is 22.1. The van der Waals surface area contributed by atoms with E-state index in [4.69, 9.17) is 9.47 Å². The molecule has 0 saturated carbocycles. The lowest BCUT2D eigenvalue weighted by Gasteiger charge is -2.37. The van der Waals surface area contributed by atoms with E-state index in [1.165, 1.54) is 28.9 Å². The van der Waals surface area contributed by atoms with Crippen molar-refractivity contribution in [1.29, 1.82) is 0 Å². The van der Waals surface area contributed by atoms with Crippen molar-refractivity contribution in [3.05, 3.63) is 136 Å². The molecular weight excluding hydrogens is 502 g/mol. The molecule has 0 unspecified atom stereocenters. The second kappa shape index (κ2) is 11.1. The van der Waals surface area contributed by atoms with Crippen molar-refractivity contribution in [2.75, 3.05) is 12.4 Å². The van der Waals surface area contributed by atoms with E-state index in [0.29, 0.717) is 23.3 Å². The molecule has 1 N–H and O–H groups in total. The van der Waals surface area contributed by atoms with Crippen LogP contribution in [0.5, 0.6) is 11.5 Å². The molecule has 0 bridgehead atoms. The zero-order chi connectivity index (χ0) is 27.5. The molecule has 7 nitrogen and oxygen atoms in total. The van der Waals surface area contributed by atoms with Crippen molar-refractivity contribution in [2.45, 2.75) is 25.0 Å². The smallest absolute Gasteiger partial charge is 0.269 e. The maximum absolute atomic E-state index is 10.8. The second-order valence-corrected chi connectivity index (χ2v) is 10.0. The summed E-state index contributed by atoms with van der Waals surface area (Å²) < 4.78 is 11.4. The number of hydrogen-bond acceptors (Lipinski definition) is 6. The SMILES string of the molecule is COc1cc(C=Nc2ccc([C@@H]3Nc4ccccc4[C@@H]4C=CC[C@H]43)cc2)ccc1OCc1ccc([N+](=O)[O-])cc1. The number of nitro groups is 1. The fourth-order valence-electron chi connectivity index (χ4n) is 5.55. The molecule has 0 spiro atoms. The first-order chi connectivity index (χ1) is 19.6. The first-order valence-electron chi connectivity index (χ1n) is 13.3. The summed E-state index contributed by atoms with van der Waals surface area (Å²) in [6, 6.07) is 29.3. The molecule has 0 amide bonds. The number of nitrogens with zero attached hydrogens (tertiary/aromatic N) is 2. The maximum Gasteiger partial charge on any atom is 0.269 e. The van der Waals surface area contributed by atoms with Crippen LogP contribution < -0.4 is 14.8 Å². The quantitative estimate of drug-likeness (QED) is 0.109. The molecule has 1 heterocycles. The first-order valence-corrected chi connectivity index (χ1v) is 13.3. The van der Waals surface area contributed by atoms with Gasteiger partial charge in [0.15, 0.2) is 11.5 Å². The average molecular weight is 532 g/mol. The van der Waals surface area contributed by atoms with Gasteiger partial charge in [-0.3, -0.25) is 15.1 Å². The number of nitro benzene ring substituents is 1. The molecule has 3 atom stereocenters. The highest BCUT2D eigenvalue weighted by Gasteiger charge is 2.37.